The van der Waals surface area contributed by atoms with Crippen LogP contribution in [0.1, 0.15) is 39.9 Å². The molecule has 1 atom stereocenters. The van der Waals surface area contributed by atoms with E-state index in [2.05, 4.69) is 25.7 Å². The summed E-state index contributed by atoms with van der Waals surface area (Å²) in [6, 6.07) is 7.25. The van der Waals surface area contributed by atoms with Gasteiger partial charge >= 0.3 is 5.76 Å². The standard InChI is InChI=1S/C22H21N7O5/c1-12(21(32)28-7-2-8-28)25-20(31)16-10-15(26-18-5-6-24-29(16)18)19(30)23-11-13-3-4-17-14(9-13)27-22(33)34-17/h3-6,9-10,12H,2,7-8,11H2,1H3,(H,23,30)(H,25,31)(H,27,33)/t12-/m0/s1. The first kappa shape index (κ1) is 21.4. The summed E-state index contributed by atoms with van der Waals surface area (Å²) < 4.78 is 6.29. The van der Waals surface area contributed by atoms with E-state index in [0.29, 0.717) is 29.8 Å². The molecule has 3 aromatic heterocycles. The summed E-state index contributed by atoms with van der Waals surface area (Å²) in [6.45, 7) is 3.16. The predicted octanol–water partition coefficient (Wildman–Crippen LogP) is 0.444. The van der Waals surface area contributed by atoms with Crippen LogP contribution in [0.25, 0.3) is 16.7 Å². The van der Waals surface area contributed by atoms with Crippen LogP contribution in [0.3, 0.4) is 0 Å². The van der Waals surface area contributed by atoms with Crippen LogP contribution in [-0.2, 0) is 11.3 Å². The third kappa shape index (κ3) is 4.00. The Kier molecular flexibility index (Phi) is 5.32. The van der Waals surface area contributed by atoms with E-state index in [0.717, 1.165) is 12.0 Å². The van der Waals surface area contributed by atoms with Crippen LogP contribution in [0.15, 0.2) is 45.7 Å². The van der Waals surface area contributed by atoms with Crippen molar-refractivity contribution < 1.29 is 18.8 Å². The molecule has 0 spiro atoms. The minimum atomic E-state index is -0.715. The number of aromatic nitrogens is 4. The number of carbonyl (C=O) groups is 3. The third-order valence-corrected chi connectivity index (χ3v) is 5.65. The van der Waals surface area contributed by atoms with Crippen LogP contribution in [0, 0.1) is 0 Å². The van der Waals surface area contributed by atoms with Crippen LogP contribution in [0.4, 0.5) is 0 Å². The number of oxazole rings is 1. The normalized spacial score (nSPS) is 14.1. The average Bonchev–Trinajstić information content (AvgIpc) is 3.40. The van der Waals surface area contributed by atoms with Gasteiger partial charge in [-0.05, 0) is 31.0 Å². The maximum Gasteiger partial charge on any atom is 0.417 e. The summed E-state index contributed by atoms with van der Waals surface area (Å²) >= 11 is 0. The van der Waals surface area contributed by atoms with Gasteiger partial charge in [-0.1, -0.05) is 6.07 Å². The lowest BCUT2D eigenvalue weighted by Crippen LogP contribution is -2.52. The molecule has 0 aliphatic carbocycles. The highest BCUT2D eigenvalue weighted by Gasteiger charge is 2.27. The van der Waals surface area contributed by atoms with E-state index < -0.39 is 23.6 Å². The van der Waals surface area contributed by atoms with E-state index in [1.165, 1.54) is 16.8 Å². The Morgan fingerprint density at radius 3 is 2.76 bits per heavy atom. The first-order valence-electron chi connectivity index (χ1n) is 10.7. The number of H-pyrrole nitrogens is 1. The molecular formula is C22H21N7O5. The molecule has 174 valence electrons. The fourth-order valence-electron chi connectivity index (χ4n) is 3.72. The van der Waals surface area contributed by atoms with E-state index in [9.17, 15) is 19.2 Å². The molecule has 0 saturated carbocycles. The number of hydrogen-bond acceptors (Lipinski definition) is 7. The van der Waals surface area contributed by atoms with Crippen molar-refractivity contribution in [3.8, 4) is 0 Å². The summed E-state index contributed by atoms with van der Waals surface area (Å²) in [5.41, 5.74) is 2.11. The van der Waals surface area contributed by atoms with Crippen molar-refractivity contribution in [2.45, 2.75) is 25.9 Å². The molecule has 34 heavy (non-hydrogen) atoms. The van der Waals surface area contributed by atoms with Gasteiger partial charge in [-0.25, -0.2) is 14.3 Å². The van der Waals surface area contributed by atoms with Crippen molar-refractivity contribution in [2.75, 3.05) is 13.1 Å². The Hall–Kier alpha value is -4.48. The number of hydrogen-bond donors (Lipinski definition) is 3. The number of likely N-dealkylation sites (tertiary alicyclic amines) is 1. The smallest absolute Gasteiger partial charge is 0.408 e. The van der Waals surface area contributed by atoms with Gasteiger partial charge in [0, 0.05) is 31.8 Å². The minimum absolute atomic E-state index is 0.0256. The minimum Gasteiger partial charge on any atom is -0.408 e. The highest BCUT2D eigenvalue weighted by Crippen LogP contribution is 2.13. The first-order valence-corrected chi connectivity index (χ1v) is 10.7. The maximum absolute atomic E-state index is 12.9. The summed E-state index contributed by atoms with van der Waals surface area (Å²) in [5.74, 6) is -1.75. The number of benzene rings is 1. The van der Waals surface area contributed by atoms with E-state index >= 15 is 0 Å². The SMILES string of the molecule is C[C@H](NC(=O)c1cc(C(=O)NCc2ccc3oc(=O)[nH]c3c2)nc2ccnn12)C(=O)N1CCC1. The number of nitrogens with zero attached hydrogens (tertiary/aromatic N) is 4. The van der Waals surface area contributed by atoms with Crippen LogP contribution < -0.4 is 16.4 Å². The molecule has 12 nitrogen and oxygen atoms in total. The Labute approximate surface area is 191 Å². The van der Waals surface area contributed by atoms with Gasteiger partial charge in [0.1, 0.15) is 17.4 Å². The molecular weight excluding hydrogens is 442 g/mol. The molecule has 0 radical (unpaired) electrons. The van der Waals surface area contributed by atoms with Gasteiger partial charge in [-0.3, -0.25) is 19.4 Å². The molecule has 0 unspecified atom stereocenters. The van der Waals surface area contributed by atoms with Gasteiger partial charge < -0.3 is 20.0 Å². The molecule has 1 aromatic carbocycles. The van der Waals surface area contributed by atoms with E-state index in [1.54, 1.807) is 36.1 Å². The van der Waals surface area contributed by atoms with E-state index in [-0.39, 0.29) is 23.8 Å². The second-order valence-electron chi connectivity index (χ2n) is 8.03. The second kappa shape index (κ2) is 8.46. The van der Waals surface area contributed by atoms with Gasteiger partial charge in [0.05, 0.1) is 11.7 Å². The van der Waals surface area contributed by atoms with Crippen molar-refractivity contribution in [1.82, 2.24) is 35.1 Å². The fourth-order valence-corrected chi connectivity index (χ4v) is 3.72. The molecule has 4 heterocycles. The van der Waals surface area contributed by atoms with Gasteiger partial charge in [0.25, 0.3) is 11.8 Å². The summed E-state index contributed by atoms with van der Waals surface area (Å²) in [7, 11) is 0. The quantitative estimate of drug-likeness (QED) is 0.375. The number of amides is 3. The molecule has 1 fully saturated rings. The summed E-state index contributed by atoms with van der Waals surface area (Å²) in [4.78, 5) is 58.0. The van der Waals surface area contributed by atoms with Gasteiger partial charge in [0.15, 0.2) is 11.2 Å². The summed E-state index contributed by atoms with van der Waals surface area (Å²) in [5, 5.41) is 9.54. The topological polar surface area (TPSA) is 155 Å². The van der Waals surface area contributed by atoms with Crippen molar-refractivity contribution >= 4 is 34.5 Å². The molecule has 4 aromatic rings. The van der Waals surface area contributed by atoms with Gasteiger partial charge in [0.2, 0.25) is 5.91 Å². The first-order chi connectivity index (χ1) is 16.4. The lowest BCUT2D eigenvalue weighted by atomic mass is 10.1. The van der Waals surface area contributed by atoms with Gasteiger partial charge in [-0.2, -0.15) is 5.10 Å². The zero-order valence-electron chi connectivity index (χ0n) is 18.2. The number of carbonyl (C=O) groups excluding carboxylic acids is 3. The Morgan fingerprint density at radius 1 is 1.18 bits per heavy atom. The van der Waals surface area contributed by atoms with Crippen LogP contribution in [0.5, 0.6) is 0 Å². The largest absolute Gasteiger partial charge is 0.417 e. The van der Waals surface area contributed by atoms with Gasteiger partial charge in [-0.15, -0.1) is 0 Å². The number of fused-ring (bicyclic) bond motifs is 2. The van der Waals surface area contributed by atoms with Crippen LogP contribution in [-0.4, -0.2) is 61.3 Å². The maximum atomic E-state index is 12.9. The molecule has 1 aliphatic heterocycles. The molecule has 1 aliphatic rings. The average molecular weight is 463 g/mol. The predicted molar refractivity (Wildman–Crippen MR) is 119 cm³/mol. The second-order valence-corrected chi connectivity index (χ2v) is 8.03. The summed E-state index contributed by atoms with van der Waals surface area (Å²) in [6.07, 6.45) is 2.42. The Morgan fingerprint density at radius 2 is 2.00 bits per heavy atom. The van der Waals surface area contributed by atoms with E-state index in [4.69, 9.17) is 4.42 Å². The van der Waals surface area contributed by atoms with Crippen LogP contribution >= 0.6 is 0 Å². The lowest BCUT2D eigenvalue weighted by Gasteiger charge is -2.33. The van der Waals surface area contributed by atoms with E-state index in [1.807, 2.05) is 0 Å². The van der Waals surface area contributed by atoms with Crippen molar-refractivity contribution in [3.63, 3.8) is 0 Å². The molecule has 3 N–H and O–H groups in total. The van der Waals surface area contributed by atoms with Crippen molar-refractivity contribution in [2.24, 2.45) is 0 Å². The zero-order chi connectivity index (χ0) is 23.8. The molecule has 1 saturated heterocycles. The molecule has 12 heteroatoms. The monoisotopic (exact) mass is 463 g/mol. The molecule has 0 bridgehead atoms. The zero-order valence-corrected chi connectivity index (χ0v) is 18.2. The lowest BCUT2D eigenvalue weighted by molar-refractivity contribution is -0.136. The number of nitrogens with one attached hydrogen (secondary N) is 3. The van der Waals surface area contributed by atoms with Crippen molar-refractivity contribution in [1.29, 1.82) is 0 Å². The fraction of sp³-hybridized carbons (Fsp3) is 0.273. The number of aromatic amines is 1. The third-order valence-electron chi connectivity index (χ3n) is 5.65. The van der Waals surface area contributed by atoms with Crippen molar-refractivity contribution in [3.05, 3.63) is 64.0 Å². The molecule has 3 amide bonds. The molecule has 5 rings (SSSR count). The van der Waals surface area contributed by atoms with Crippen LogP contribution in [0.2, 0.25) is 0 Å². The number of rotatable bonds is 6. The highest BCUT2D eigenvalue weighted by atomic mass is 16.4. The Bertz CT molecular complexity index is 1480. The highest BCUT2D eigenvalue weighted by molar-refractivity contribution is 6.00. The Balaban J connectivity index is 1.33.